The monoisotopic (exact) mass is 357 g/mol. The topological polar surface area (TPSA) is 140 Å². The average molecular weight is 357 g/mol. The summed E-state index contributed by atoms with van der Waals surface area (Å²) in [5.41, 5.74) is 7.46. The molecule has 4 aromatic rings. The lowest BCUT2D eigenvalue weighted by molar-refractivity contribution is -0.803. The van der Waals surface area contributed by atoms with Gasteiger partial charge in [-0.3, -0.25) is 9.42 Å². The van der Waals surface area contributed by atoms with Crippen molar-refractivity contribution in [2.24, 2.45) is 7.05 Å². The highest BCUT2D eigenvalue weighted by Gasteiger charge is 2.24. The third-order valence-electron chi connectivity index (χ3n) is 3.72. The zero-order chi connectivity index (χ0) is 17.6. The first-order valence-electron chi connectivity index (χ1n) is 7.15. The third-order valence-corrected chi connectivity index (χ3v) is 4.56. The number of anilines is 1. The van der Waals surface area contributed by atoms with Gasteiger partial charge in [0.1, 0.15) is 5.52 Å². The molecule has 3 heterocycles. The number of ketones is 1. The van der Waals surface area contributed by atoms with Crippen molar-refractivity contribution in [2.75, 3.05) is 11.5 Å². The minimum Gasteiger partial charge on any atom is -0.359 e. The van der Waals surface area contributed by atoms with Crippen LogP contribution >= 0.6 is 11.8 Å². The van der Waals surface area contributed by atoms with Gasteiger partial charge in [-0.2, -0.15) is 0 Å². The molecule has 0 saturated heterocycles. The van der Waals surface area contributed by atoms with Crippen molar-refractivity contribution in [2.45, 2.75) is 5.16 Å². The summed E-state index contributed by atoms with van der Waals surface area (Å²) in [6.07, 6.45) is 0. The maximum Gasteiger partial charge on any atom is 0.316 e. The lowest BCUT2D eigenvalue weighted by atomic mass is 10.2. The number of hydrogen-bond acceptors (Lipinski definition) is 9. The molecule has 0 atom stereocenters. The highest BCUT2D eigenvalue weighted by molar-refractivity contribution is 7.99. The first-order valence-corrected chi connectivity index (χ1v) is 8.14. The van der Waals surface area contributed by atoms with E-state index in [1.54, 1.807) is 0 Å². The van der Waals surface area contributed by atoms with E-state index in [9.17, 15) is 10.0 Å². The Morgan fingerprint density at radius 2 is 2.20 bits per heavy atom. The minimum absolute atomic E-state index is 0.00948. The van der Waals surface area contributed by atoms with Crippen molar-refractivity contribution in [1.29, 1.82) is 0 Å². The summed E-state index contributed by atoms with van der Waals surface area (Å²) >= 11 is 1.05. The van der Waals surface area contributed by atoms with Crippen LogP contribution < -0.4 is 10.6 Å². The normalized spacial score (nSPS) is 11.4. The SMILES string of the molecule is Cn1c2ccccc2c2nnc(SCC(=O)c3c(N)no[n+]3[O-])nc21. The number of aromatic nitrogens is 6. The molecule has 25 heavy (non-hydrogen) atoms. The zero-order valence-corrected chi connectivity index (χ0v) is 13.7. The molecule has 0 radical (unpaired) electrons. The molecule has 0 amide bonds. The van der Waals surface area contributed by atoms with E-state index < -0.39 is 5.78 Å². The largest absolute Gasteiger partial charge is 0.359 e. The van der Waals surface area contributed by atoms with Gasteiger partial charge in [0.2, 0.25) is 10.9 Å². The van der Waals surface area contributed by atoms with Gasteiger partial charge in [0, 0.05) is 12.4 Å². The number of carbonyl (C=O) groups is 1. The van der Waals surface area contributed by atoms with Crippen LogP contribution in [0.25, 0.3) is 22.1 Å². The molecule has 0 aliphatic carbocycles. The van der Waals surface area contributed by atoms with Gasteiger partial charge in [-0.15, -0.1) is 10.2 Å². The van der Waals surface area contributed by atoms with E-state index in [1.165, 1.54) is 0 Å². The number of nitrogens with zero attached hydrogens (tertiary/aromatic N) is 6. The molecule has 0 aliphatic heterocycles. The Bertz CT molecular complexity index is 1100. The summed E-state index contributed by atoms with van der Waals surface area (Å²) in [4.78, 5) is 16.5. The average Bonchev–Trinajstić information content (AvgIpc) is 3.11. The fourth-order valence-electron chi connectivity index (χ4n) is 2.55. The zero-order valence-electron chi connectivity index (χ0n) is 12.9. The first-order chi connectivity index (χ1) is 12.1. The molecule has 0 bridgehead atoms. The number of thioether (sulfide) groups is 1. The number of rotatable bonds is 4. The van der Waals surface area contributed by atoms with Crippen LogP contribution in [0, 0.1) is 5.21 Å². The molecule has 1 aromatic carbocycles. The summed E-state index contributed by atoms with van der Waals surface area (Å²) in [5.74, 6) is -0.867. The van der Waals surface area contributed by atoms with Crippen LogP contribution in [-0.4, -0.2) is 36.4 Å². The second-order valence-electron chi connectivity index (χ2n) is 5.22. The first kappa shape index (κ1) is 15.3. The highest BCUT2D eigenvalue weighted by atomic mass is 32.2. The standard InChI is InChI=1S/C14H11N7O3S/c1-20-8-5-3-2-4-7(8)10-13(20)16-14(18-17-10)25-6-9(22)11-12(15)19-24-21(11)23/h2-5H,6H2,1H3,(H2,15,19). The molecule has 4 rings (SSSR count). The Labute approximate surface area is 144 Å². The van der Waals surface area contributed by atoms with Crippen LogP contribution in [0.4, 0.5) is 5.82 Å². The number of para-hydroxylation sites is 1. The van der Waals surface area contributed by atoms with Crippen LogP contribution in [0.1, 0.15) is 10.5 Å². The molecule has 0 unspecified atom stereocenters. The Morgan fingerprint density at radius 1 is 1.40 bits per heavy atom. The number of fused-ring (bicyclic) bond motifs is 3. The van der Waals surface area contributed by atoms with Crippen molar-refractivity contribution < 1.29 is 14.3 Å². The molecule has 126 valence electrons. The lowest BCUT2D eigenvalue weighted by Gasteiger charge is -2.00. The number of nitrogen functional groups attached to an aromatic ring is 1. The van der Waals surface area contributed by atoms with Crippen molar-refractivity contribution in [1.82, 2.24) is 24.9 Å². The number of Topliss-reactive ketones (excluding diaryl/α,β-unsaturated/α-hetero) is 1. The van der Waals surface area contributed by atoms with Gasteiger partial charge in [-0.1, -0.05) is 30.0 Å². The summed E-state index contributed by atoms with van der Waals surface area (Å²) in [5, 5.41) is 24.1. The number of aryl methyl sites for hydroxylation is 1. The van der Waals surface area contributed by atoms with E-state index >= 15 is 0 Å². The highest BCUT2D eigenvalue weighted by Crippen LogP contribution is 2.26. The maximum atomic E-state index is 12.1. The number of nitrogens with two attached hydrogens (primary N) is 1. The lowest BCUT2D eigenvalue weighted by Crippen LogP contribution is -2.32. The van der Waals surface area contributed by atoms with E-state index in [0.29, 0.717) is 16.3 Å². The summed E-state index contributed by atoms with van der Waals surface area (Å²) < 4.78 is 6.20. The second-order valence-corrected chi connectivity index (χ2v) is 6.16. The van der Waals surface area contributed by atoms with Gasteiger partial charge in [0.25, 0.3) is 5.69 Å². The molecule has 0 aliphatic rings. The molecular weight excluding hydrogens is 346 g/mol. The fraction of sp³-hybridized carbons (Fsp3) is 0.143. The van der Waals surface area contributed by atoms with Gasteiger partial charge in [0.05, 0.1) is 16.4 Å². The van der Waals surface area contributed by atoms with Crippen molar-refractivity contribution in [3.63, 3.8) is 0 Å². The molecule has 3 aromatic heterocycles. The van der Waals surface area contributed by atoms with Crippen molar-refractivity contribution in [3.8, 4) is 0 Å². The molecule has 0 saturated carbocycles. The van der Waals surface area contributed by atoms with Crippen LogP contribution in [-0.2, 0) is 7.05 Å². The quantitative estimate of drug-likeness (QED) is 0.317. The second kappa shape index (κ2) is 5.70. The van der Waals surface area contributed by atoms with Crippen LogP contribution in [0.15, 0.2) is 34.1 Å². The van der Waals surface area contributed by atoms with E-state index in [1.807, 2.05) is 35.9 Å². The Kier molecular flexibility index (Phi) is 3.50. The third kappa shape index (κ3) is 2.45. The van der Waals surface area contributed by atoms with Gasteiger partial charge < -0.3 is 15.5 Å². The Hall–Kier alpha value is -3.21. The number of hydrogen-bond donors (Lipinski definition) is 1. The van der Waals surface area contributed by atoms with Crippen molar-refractivity contribution in [3.05, 3.63) is 35.2 Å². The van der Waals surface area contributed by atoms with E-state index in [4.69, 9.17) is 5.73 Å². The smallest absolute Gasteiger partial charge is 0.316 e. The van der Waals surface area contributed by atoms with Crippen LogP contribution in [0.3, 0.4) is 0 Å². The minimum atomic E-state index is -0.528. The summed E-state index contributed by atoms with van der Waals surface area (Å²) in [7, 11) is 1.89. The molecule has 11 heteroatoms. The Balaban J connectivity index is 1.63. The molecule has 10 nitrogen and oxygen atoms in total. The molecular formula is C14H11N7O3S. The molecule has 2 N–H and O–H groups in total. The predicted molar refractivity (Wildman–Crippen MR) is 88.7 cm³/mol. The number of carbonyl (C=O) groups excluding carboxylic acids is 1. The van der Waals surface area contributed by atoms with Gasteiger partial charge >= 0.3 is 5.82 Å². The van der Waals surface area contributed by atoms with E-state index in [2.05, 4.69) is 25.0 Å². The summed E-state index contributed by atoms with van der Waals surface area (Å²) in [6.45, 7) is 0. The van der Waals surface area contributed by atoms with E-state index in [0.717, 1.165) is 22.7 Å². The van der Waals surface area contributed by atoms with Crippen molar-refractivity contribution >= 4 is 45.4 Å². The molecule has 0 fully saturated rings. The predicted octanol–water partition coefficient (Wildman–Crippen LogP) is 0.695. The van der Waals surface area contributed by atoms with Crippen LogP contribution in [0.2, 0.25) is 0 Å². The van der Waals surface area contributed by atoms with Gasteiger partial charge in [0.15, 0.2) is 5.65 Å². The number of benzene rings is 1. The fourth-order valence-corrected chi connectivity index (χ4v) is 3.20. The maximum absolute atomic E-state index is 12.1. The van der Waals surface area contributed by atoms with Crippen LogP contribution in [0.5, 0.6) is 0 Å². The van der Waals surface area contributed by atoms with E-state index in [-0.39, 0.29) is 22.2 Å². The van der Waals surface area contributed by atoms with Gasteiger partial charge in [-0.25, -0.2) is 4.98 Å². The van der Waals surface area contributed by atoms with Gasteiger partial charge in [-0.05, 0) is 11.0 Å². The summed E-state index contributed by atoms with van der Waals surface area (Å²) in [6, 6.07) is 7.78. The Morgan fingerprint density at radius 3 is 2.96 bits per heavy atom. The molecule has 0 spiro atoms.